The normalized spacial score (nSPS) is 18.8. The Balaban J connectivity index is 3.67. The van der Waals surface area contributed by atoms with Crippen LogP contribution in [0.2, 0.25) is 0 Å². The van der Waals surface area contributed by atoms with Crippen LogP contribution in [-0.2, 0) is 0 Å². The number of unbranched alkanes of at least 4 members (excludes halogenated alkanes) is 1. The number of hydrogen-bond donors (Lipinski definition) is 2. The third-order valence-corrected chi connectivity index (χ3v) is 2.40. The Bertz CT molecular complexity index is 107. The highest BCUT2D eigenvalue weighted by Gasteiger charge is 2.19. The van der Waals surface area contributed by atoms with Gasteiger partial charge in [0.1, 0.15) is 4.93 Å². The standard InChI is InChI=1S/C10H22OS/c1-4-6-7-9(5-2)8-10(3,11)12/h9,11-12H,4-8H2,1-3H3. The number of thiol groups is 1. The summed E-state index contributed by atoms with van der Waals surface area (Å²) in [5.41, 5.74) is 0. The summed E-state index contributed by atoms with van der Waals surface area (Å²) in [6, 6.07) is 0. The maximum atomic E-state index is 9.48. The first kappa shape index (κ1) is 12.3. The molecule has 2 heteroatoms. The van der Waals surface area contributed by atoms with Crippen LogP contribution in [0.5, 0.6) is 0 Å². The molecule has 74 valence electrons. The summed E-state index contributed by atoms with van der Waals surface area (Å²) in [5, 5.41) is 9.48. The quantitative estimate of drug-likeness (QED) is 0.487. The molecule has 1 nitrogen and oxygen atoms in total. The third kappa shape index (κ3) is 6.99. The molecule has 0 fully saturated rings. The van der Waals surface area contributed by atoms with Gasteiger partial charge in [0.2, 0.25) is 0 Å². The second kappa shape index (κ2) is 5.87. The first-order valence-electron chi connectivity index (χ1n) is 4.94. The van der Waals surface area contributed by atoms with Crippen LogP contribution in [0.1, 0.15) is 52.9 Å². The highest BCUT2D eigenvalue weighted by Crippen LogP contribution is 2.26. The molecule has 0 saturated heterocycles. The fourth-order valence-corrected chi connectivity index (χ4v) is 1.75. The van der Waals surface area contributed by atoms with E-state index in [1.54, 1.807) is 6.92 Å². The zero-order valence-corrected chi connectivity index (χ0v) is 9.40. The van der Waals surface area contributed by atoms with Gasteiger partial charge in [0.25, 0.3) is 0 Å². The molecule has 0 spiro atoms. The van der Waals surface area contributed by atoms with E-state index in [0.29, 0.717) is 5.92 Å². The van der Waals surface area contributed by atoms with Crippen LogP contribution in [-0.4, -0.2) is 10.0 Å². The van der Waals surface area contributed by atoms with E-state index in [2.05, 4.69) is 26.5 Å². The summed E-state index contributed by atoms with van der Waals surface area (Å²) >= 11 is 4.13. The highest BCUT2D eigenvalue weighted by molar-refractivity contribution is 7.81. The van der Waals surface area contributed by atoms with Crippen molar-refractivity contribution in [2.75, 3.05) is 0 Å². The van der Waals surface area contributed by atoms with Gasteiger partial charge in [0.15, 0.2) is 0 Å². The Kier molecular flexibility index (Phi) is 6.02. The van der Waals surface area contributed by atoms with Gasteiger partial charge in [-0.2, -0.15) is 0 Å². The van der Waals surface area contributed by atoms with E-state index < -0.39 is 4.93 Å². The minimum Gasteiger partial charge on any atom is -0.380 e. The third-order valence-electron chi connectivity index (χ3n) is 2.22. The Morgan fingerprint density at radius 1 is 1.42 bits per heavy atom. The van der Waals surface area contributed by atoms with Crippen LogP contribution in [0, 0.1) is 5.92 Å². The minimum absolute atomic E-state index is 0.637. The number of aliphatic hydroxyl groups is 1. The smallest absolute Gasteiger partial charge is 0.105 e. The number of hydrogen-bond acceptors (Lipinski definition) is 2. The second-order valence-electron chi connectivity index (χ2n) is 3.84. The highest BCUT2D eigenvalue weighted by atomic mass is 32.1. The molecule has 0 radical (unpaired) electrons. The topological polar surface area (TPSA) is 20.2 Å². The van der Waals surface area contributed by atoms with Crippen LogP contribution < -0.4 is 0 Å². The van der Waals surface area contributed by atoms with Crippen molar-refractivity contribution in [3.05, 3.63) is 0 Å². The van der Waals surface area contributed by atoms with Gasteiger partial charge in [-0.25, -0.2) is 0 Å². The Labute approximate surface area is 82.0 Å². The van der Waals surface area contributed by atoms with E-state index in [1.165, 1.54) is 19.3 Å². The molecule has 0 rings (SSSR count). The summed E-state index contributed by atoms with van der Waals surface area (Å²) in [5.74, 6) is 0.637. The first-order valence-corrected chi connectivity index (χ1v) is 5.39. The molecule has 0 aliphatic heterocycles. The SMILES string of the molecule is CCCCC(CC)CC(C)(O)S. The molecule has 0 heterocycles. The Hall–Kier alpha value is 0.310. The molecule has 0 saturated carbocycles. The van der Waals surface area contributed by atoms with E-state index in [4.69, 9.17) is 0 Å². The molecule has 0 bridgehead atoms. The van der Waals surface area contributed by atoms with Crippen molar-refractivity contribution in [2.24, 2.45) is 5.92 Å². The Morgan fingerprint density at radius 2 is 2.00 bits per heavy atom. The Morgan fingerprint density at radius 3 is 2.33 bits per heavy atom. The molecule has 0 aliphatic carbocycles. The van der Waals surface area contributed by atoms with Gasteiger partial charge >= 0.3 is 0 Å². The predicted molar refractivity (Wildman–Crippen MR) is 57.5 cm³/mol. The summed E-state index contributed by atoms with van der Waals surface area (Å²) in [6.45, 7) is 6.15. The molecule has 0 amide bonds. The molecule has 12 heavy (non-hydrogen) atoms. The van der Waals surface area contributed by atoms with Crippen molar-refractivity contribution in [2.45, 2.75) is 57.8 Å². The van der Waals surface area contributed by atoms with Crippen LogP contribution >= 0.6 is 12.6 Å². The van der Waals surface area contributed by atoms with E-state index in [9.17, 15) is 5.11 Å². The van der Waals surface area contributed by atoms with Crippen LogP contribution in [0.25, 0.3) is 0 Å². The molecule has 0 aromatic rings. The molecule has 2 atom stereocenters. The molecule has 0 aromatic heterocycles. The minimum atomic E-state index is -0.783. The molecule has 2 unspecified atom stereocenters. The number of rotatable bonds is 6. The van der Waals surface area contributed by atoms with Crippen LogP contribution in [0.15, 0.2) is 0 Å². The van der Waals surface area contributed by atoms with E-state index >= 15 is 0 Å². The van der Waals surface area contributed by atoms with Crippen LogP contribution in [0.3, 0.4) is 0 Å². The summed E-state index contributed by atoms with van der Waals surface area (Å²) < 4.78 is 0. The van der Waals surface area contributed by atoms with E-state index in [1.807, 2.05) is 0 Å². The van der Waals surface area contributed by atoms with Gasteiger partial charge in [0.05, 0.1) is 0 Å². The van der Waals surface area contributed by atoms with E-state index in [0.717, 1.165) is 12.8 Å². The van der Waals surface area contributed by atoms with Crippen molar-refractivity contribution in [1.82, 2.24) is 0 Å². The zero-order chi connectivity index (χ0) is 9.61. The van der Waals surface area contributed by atoms with Gasteiger partial charge < -0.3 is 5.11 Å². The lowest BCUT2D eigenvalue weighted by molar-refractivity contribution is 0.123. The average molecular weight is 190 g/mol. The van der Waals surface area contributed by atoms with Crippen molar-refractivity contribution in [3.63, 3.8) is 0 Å². The molecule has 0 aliphatic rings. The lowest BCUT2D eigenvalue weighted by atomic mass is 9.93. The average Bonchev–Trinajstić information content (AvgIpc) is 1.95. The molecule has 0 aromatic carbocycles. The molecular weight excluding hydrogens is 168 g/mol. The summed E-state index contributed by atoms with van der Waals surface area (Å²) in [4.78, 5) is -0.783. The van der Waals surface area contributed by atoms with Gasteiger partial charge in [-0.3, -0.25) is 0 Å². The first-order chi connectivity index (χ1) is 5.49. The maximum Gasteiger partial charge on any atom is 0.105 e. The fourth-order valence-electron chi connectivity index (χ4n) is 1.49. The van der Waals surface area contributed by atoms with Crippen molar-refractivity contribution >= 4 is 12.6 Å². The fraction of sp³-hybridized carbons (Fsp3) is 1.00. The van der Waals surface area contributed by atoms with Gasteiger partial charge in [-0.15, -0.1) is 12.6 Å². The lowest BCUT2D eigenvalue weighted by Gasteiger charge is -2.23. The summed E-state index contributed by atoms with van der Waals surface area (Å²) in [6.07, 6.45) is 5.70. The molecular formula is C10H22OS. The zero-order valence-electron chi connectivity index (χ0n) is 8.51. The summed E-state index contributed by atoms with van der Waals surface area (Å²) in [7, 11) is 0. The largest absolute Gasteiger partial charge is 0.380 e. The molecule has 1 N–H and O–H groups in total. The van der Waals surface area contributed by atoms with Crippen molar-refractivity contribution < 1.29 is 5.11 Å². The van der Waals surface area contributed by atoms with Crippen molar-refractivity contribution in [1.29, 1.82) is 0 Å². The predicted octanol–water partition coefficient (Wildman–Crippen LogP) is 3.23. The second-order valence-corrected chi connectivity index (χ2v) is 4.80. The van der Waals surface area contributed by atoms with Gasteiger partial charge in [-0.1, -0.05) is 39.5 Å². The van der Waals surface area contributed by atoms with E-state index in [-0.39, 0.29) is 0 Å². The monoisotopic (exact) mass is 190 g/mol. The van der Waals surface area contributed by atoms with Gasteiger partial charge in [-0.05, 0) is 19.3 Å². The van der Waals surface area contributed by atoms with Crippen LogP contribution in [0.4, 0.5) is 0 Å². The van der Waals surface area contributed by atoms with Crippen molar-refractivity contribution in [3.8, 4) is 0 Å². The maximum absolute atomic E-state index is 9.48. The lowest BCUT2D eigenvalue weighted by Crippen LogP contribution is -2.20. The van der Waals surface area contributed by atoms with Gasteiger partial charge in [0, 0.05) is 0 Å².